The van der Waals surface area contributed by atoms with E-state index in [1.807, 2.05) is 37.6 Å². The van der Waals surface area contributed by atoms with E-state index in [2.05, 4.69) is 5.32 Å². The average molecular weight is 374 g/mol. The van der Waals surface area contributed by atoms with Crippen molar-refractivity contribution in [1.82, 2.24) is 15.1 Å². The minimum absolute atomic E-state index is 0. The Hall–Kier alpha value is -0.810. The molecule has 2 saturated heterocycles. The number of piperidine rings is 2. The average Bonchev–Trinajstić information content (AvgIpc) is 2.58. The maximum Gasteiger partial charge on any atom is 0.227 e. The fourth-order valence-corrected chi connectivity index (χ4v) is 3.89. The summed E-state index contributed by atoms with van der Waals surface area (Å²) in [5, 5.41) is 3.21. The molecule has 5 nitrogen and oxygen atoms in total. The Kier molecular flexibility index (Phi) is 8.69. The number of carbonyl (C=O) groups is 2. The monoisotopic (exact) mass is 373 g/mol. The lowest BCUT2D eigenvalue weighted by molar-refractivity contribution is -0.145. The van der Waals surface area contributed by atoms with E-state index in [9.17, 15) is 9.59 Å². The van der Waals surface area contributed by atoms with Gasteiger partial charge in [0, 0.05) is 31.6 Å². The van der Waals surface area contributed by atoms with E-state index >= 15 is 0 Å². The van der Waals surface area contributed by atoms with E-state index in [1.54, 1.807) is 0 Å². The third-order valence-electron chi connectivity index (χ3n) is 5.43. The molecule has 0 aromatic heterocycles. The molecule has 0 spiro atoms. The molecule has 2 rings (SSSR count). The molecular weight excluding hydrogens is 338 g/mol. The molecule has 25 heavy (non-hydrogen) atoms. The second-order valence-corrected chi connectivity index (χ2v) is 8.50. The second-order valence-electron chi connectivity index (χ2n) is 8.50. The van der Waals surface area contributed by atoms with Crippen molar-refractivity contribution in [3.63, 3.8) is 0 Å². The Balaban J connectivity index is 0.00000312. The molecule has 0 aromatic carbocycles. The van der Waals surface area contributed by atoms with Crippen LogP contribution >= 0.6 is 12.4 Å². The number of hydrogen-bond acceptors (Lipinski definition) is 3. The van der Waals surface area contributed by atoms with Crippen molar-refractivity contribution in [2.45, 2.75) is 52.9 Å². The largest absolute Gasteiger partial charge is 0.342 e. The van der Waals surface area contributed by atoms with Gasteiger partial charge < -0.3 is 15.1 Å². The lowest BCUT2D eigenvalue weighted by Crippen LogP contribution is -2.50. The van der Waals surface area contributed by atoms with Crippen LogP contribution in [0.3, 0.4) is 0 Å². The molecule has 2 aliphatic rings. The molecular formula is C19H36ClN3O2. The number of likely N-dealkylation sites (tertiary alicyclic amines) is 2. The van der Waals surface area contributed by atoms with Crippen molar-refractivity contribution in [2.24, 2.45) is 17.3 Å². The molecule has 2 fully saturated rings. The van der Waals surface area contributed by atoms with Crippen LogP contribution in [-0.4, -0.2) is 61.4 Å². The van der Waals surface area contributed by atoms with Gasteiger partial charge in [0.25, 0.3) is 0 Å². The number of nitrogens with one attached hydrogen (secondary N) is 1. The number of carbonyl (C=O) groups excluding carboxylic acids is 2. The standard InChI is InChI=1S/C19H35N3O2.ClH/c1-19(2,3)18(24)22-11-5-6-16(14-22)17(23)21-12-8-15(9-13-21)7-10-20-4;/h15-16,20H,5-14H2,1-4H3;1H. The lowest BCUT2D eigenvalue weighted by Gasteiger charge is -2.39. The summed E-state index contributed by atoms with van der Waals surface area (Å²) in [4.78, 5) is 29.3. The van der Waals surface area contributed by atoms with Crippen LogP contribution in [0.15, 0.2) is 0 Å². The van der Waals surface area contributed by atoms with E-state index in [4.69, 9.17) is 0 Å². The zero-order valence-corrected chi connectivity index (χ0v) is 17.2. The smallest absolute Gasteiger partial charge is 0.227 e. The van der Waals surface area contributed by atoms with Gasteiger partial charge in [0.15, 0.2) is 0 Å². The van der Waals surface area contributed by atoms with Crippen LogP contribution in [0.2, 0.25) is 0 Å². The van der Waals surface area contributed by atoms with Crippen LogP contribution in [0, 0.1) is 17.3 Å². The topological polar surface area (TPSA) is 52.7 Å². The highest BCUT2D eigenvalue weighted by atomic mass is 35.5. The summed E-state index contributed by atoms with van der Waals surface area (Å²) in [5.41, 5.74) is -0.364. The van der Waals surface area contributed by atoms with Gasteiger partial charge in [0.05, 0.1) is 5.92 Å². The first-order valence-electron chi connectivity index (χ1n) is 9.55. The molecule has 1 unspecified atom stereocenters. The fourth-order valence-electron chi connectivity index (χ4n) is 3.89. The summed E-state index contributed by atoms with van der Waals surface area (Å²) in [6.07, 6.45) is 5.30. The van der Waals surface area contributed by atoms with E-state index in [1.165, 1.54) is 6.42 Å². The predicted molar refractivity (Wildman–Crippen MR) is 104 cm³/mol. The first-order valence-corrected chi connectivity index (χ1v) is 9.55. The van der Waals surface area contributed by atoms with Gasteiger partial charge in [0.1, 0.15) is 0 Å². The number of rotatable bonds is 4. The normalized spacial score (nSPS) is 22.5. The lowest BCUT2D eigenvalue weighted by atomic mass is 9.89. The fraction of sp³-hybridized carbons (Fsp3) is 0.895. The number of hydrogen-bond donors (Lipinski definition) is 1. The molecule has 0 saturated carbocycles. The van der Waals surface area contributed by atoms with Crippen molar-refractivity contribution in [2.75, 3.05) is 39.8 Å². The molecule has 0 aromatic rings. The van der Waals surface area contributed by atoms with Gasteiger partial charge in [0.2, 0.25) is 11.8 Å². The highest BCUT2D eigenvalue weighted by Gasteiger charge is 2.35. The zero-order chi connectivity index (χ0) is 17.7. The summed E-state index contributed by atoms with van der Waals surface area (Å²) in [7, 11) is 1.99. The Bertz CT molecular complexity index is 442. The van der Waals surface area contributed by atoms with Crippen molar-refractivity contribution in [3.05, 3.63) is 0 Å². The maximum atomic E-state index is 12.9. The summed E-state index contributed by atoms with van der Waals surface area (Å²) in [6, 6.07) is 0. The number of amides is 2. The van der Waals surface area contributed by atoms with Gasteiger partial charge >= 0.3 is 0 Å². The van der Waals surface area contributed by atoms with Gasteiger partial charge in [-0.15, -0.1) is 12.4 Å². The van der Waals surface area contributed by atoms with E-state index in [0.717, 1.165) is 57.8 Å². The second kappa shape index (κ2) is 9.77. The number of halogens is 1. The Morgan fingerprint density at radius 3 is 2.24 bits per heavy atom. The minimum atomic E-state index is -0.364. The van der Waals surface area contributed by atoms with Crippen molar-refractivity contribution >= 4 is 24.2 Å². The van der Waals surface area contributed by atoms with Crippen LogP contribution in [0.4, 0.5) is 0 Å². The van der Waals surface area contributed by atoms with Crippen LogP contribution in [0.5, 0.6) is 0 Å². The van der Waals surface area contributed by atoms with Gasteiger partial charge in [-0.3, -0.25) is 9.59 Å². The Morgan fingerprint density at radius 2 is 1.68 bits per heavy atom. The Morgan fingerprint density at radius 1 is 1.04 bits per heavy atom. The van der Waals surface area contributed by atoms with Crippen LogP contribution < -0.4 is 5.32 Å². The van der Waals surface area contributed by atoms with Crippen molar-refractivity contribution in [3.8, 4) is 0 Å². The zero-order valence-electron chi connectivity index (χ0n) is 16.3. The first kappa shape index (κ1) is 22.2. The van der Waals surface area contributed by atoms with Crippen LogP contribution in [-0.2, 0) is 9.59 Å². The van der Waals surface area contributed by atoms with Gasteiger partial charge in [-0.25, -0.2) is 0 Å². The molecule has 146 valence electrons. The molecule has 0 radical (unpaired) electrons. The minimum Gasteiger partial charge on any atom is -0.342 e. The molecule has 0 aliphatic carbocycles. The van der Waals surface area contributed by atoms with Crippen LogP contribution in [0.1, 0.15) is 52.9 Å². The molecule has 1 N–H and O–H groups in total. The highest BCUT2D eigenvalue weighted by molar-refractivity contribution is 5.85. The summed E-state index contributed by atoms with van der Waals surface area (Å²) < 4.78 is 0. The third-order valence-corrected chi connectivity index (χ3v) is 5.43. The van der Waals surface area contributed by atoms with E-state index in [0.29, 0.717) is 6.54 Å². The van der Waals surface area contributed by atoms with Gasteiger partial charge in [-0.1, -0.05) is 20.8 Å². The molecule has 6 heteroatoms. The van der Waals surface area contributed by atoms with Crippen molar-refractivity contribution < 1.29 is 9.59 Å². The number of nitrogens with zero attached hydrogens (tertiary/aromatic N) is 2. The summed E-state index contributed by atoms with van der Waals surface area (Å²) in [6.45, 7) is 10.1. The van der Waals surface area contributed by atoms with Crippen molar-refractivity contribution in [1.29, 1.82) is 0 Å². The molecule has 2 heterocycles. The van der Waals surface area contributed by atoms with E-state index in [-0.39, 0.29) is 35.6 Å². The highest BCUT2D eigenvalue weighted by Crippen LogP contribution is 2.27. The van der Waals surface area contributed by atoms with E-state index < -0.39 is 0 Å². The molecule has 2 aliphatic heterocycles. The predicted octanol–water partition coefficient (Wildman–Crippen LogP) is 2.54. The molecule has 2 amide bonds. The summed E-state index contributed by atoms with van der Waals surface area (Å²) in [5.74, 6) is 1.19. The van der Waals surface area contributed by atoms with Crippen LogP contribution in [0.25, 0.3) is 0 Å². The molecule has 1 atom stereocenters. The quantitative estimate of drug-likeness (QED) is 0.823. The first-order chi connectivity index (χ1) is 11.3. The summed E-state index contributed by atoms with van der Waals surface area (Å²) >= 11 is 0. The Labute approximate surface area is 159 Å². The van der Waals surface area contributed by atoms with Gasteiger partial charge in [-0.05, 0) is 51.6 Å². The van der Waals surface area contributed by atoms with Gasteiger partial charge in [-0.2, -0.15) is 0 Å². The maximum absolute atomic E-state index is 12.9. The SMILES string of the molecule is CNCCC1CCN(C(=O)C2CCCN(C(=O)C(C)(C)C)C2)CC1.Cl. The third kappa shape index (κ3) is 6.14. The molecule has 0 bridgehead atoms.